The molecule has 1 aromatic heterocycles. The standard InChI is InChI=1S/C15H18N2O5S/c1-2-3-13-11(4-7-22-13)14(18)12(10-16)15(19)17-5-8-23(20,21)9-6-17/h4,7,12H,2-3,5-6,8-9H2,1H3/t12-/m0/s1. The van der Waals surface area contributed by atoms with E-state index in [2.05, 4.69) is 0 Å². The van der Waals surface area contributed by atoms with Crippen molar-refractivity contribution in [2.24, 2.45) is 5.92 Å². The SMILES string of the molecule is CCCc1occc1C(=O)[C@H](C#N)C(=O)N1CCS(=O)(=O)CC1. The van der Waals surface area contributed by atoms with Gasteiger partial charge in [0.25, 0.3) is 0 Å². The maximum absolute atomic E-state index is 12.5. The van der Waals surface area contributed by atoms with Gasteiger partial charge in [0.1, 0.15) is 5.76 Å². The van der Waals surface area contributed by atoms with Crippen LogP contribution < -0.4 is 0 Å². The van der Waals surface area contributed by atoms with E-state index >= 15 is 0 Å². The normalized spacial score (nSPS) is 18.2. The zero-order valence-electron chi connectivity index (χ0n) is 12.8. The number of carbonyl (C=O) groups is 2. The molecule has 0 aromatic carbocycles. The number of aryl methyl sites for hydroxylation is 1. The summed E-state index contributed by atoms with van der Waals surface area (Å²) in [5.41, 5.74) is 0.247. The van der Waals surface area contributed by atoms with Gasteiger partial charge in [-0.3, -0.25) is 9.59 Å². The summed E-state index contributed by atoms with van der Waals surface area (Å²) in [5, 5.41) is 9.25. The highest BCUT2D eigenvalue weighted by molar-refractivity contribution is 7.91. The van der Waals surface area contributed by atoms with Gasteiger partial charge in [-0.25, -0.2) is 8.42 Å². The molecule has 1 fully saturated rings. The van der Waals surface area contributed by atoms with Crippen molar-refractivity contribution in [3.05, 3.63) is 23.7 Å². The molecule has 8 heteroatoms. The van der Waals surface area contributed by atoms with Crippen molar-refractivity contribution in [3.8, 4) is 6.07 Å². The number of furan rings is 1. The molecule has 1 aliphatic heterocycles. The van der Waals surface area contributed by atoms with Crippen LogP contribution in [0.4, 0.5) is 0 Å². The van der Waals surface area contributed by atoms with E-state index in [-0.39, 0.29) is 30.2 Å². The molecular formula is C15H18N2O5S. The molecule has 23 heavy (non-hydrogen) atoms. The minimum absolute atomic E-state index is 0.0137. The predicted octanol–water partition coefficient (Wildman–Crippen LogP) is 0.812. The molecule has 124 valence electrons. The highest BCUT2D eigenvalue weighted by Crippen LogP contribution is 2.19. The van der Waals surface area contributed by atoms with E-state index in [1.54, 1.807) is 6.07 Å². The third-order valence-corrected chi connectivity index (χ3v) is 5.39. The fourth-order valence-corrected chi connectivity index (χ4v) is 3.68. The summed E-state index contributed by atoms with van der Waals surface area (Å²) in [4.78, 5) is 26.2. The van der Waals surface area contributed by atoms with Gasteiger partial charge in [-0.1, -0.05) is 6.92 Å². The summed E-state index contributed by atoms with van der Waals surface area (Å²) in [6.45, 7) is 1.96. The highest BCUT2D eigenvalue weighted by atomic mass is 32.2. The molecule has 1 atom stereocenters. The number of Topliss-reactive ketones (excluding diaryl/α,β-unsaturated/α-hetero) is 1. The van der Waals surface area contributed by atoms with Gasteiger partial charge in [0.15, 0.2) is 21.5 Å². The number of hydrogen-bond acceptors (Lipinski definition) is 6. The Hall–Kier alpha value is -2.14. The molecule has 0 radical (unpaired) electrons. The van der Waals surface area contributed by atoms with E-state index in [0.29, 0.717) is 12.2 Å². The molecule has 1 aliphatic rings. The van der Waals surface area contributed by atoms with Crippen LogP contribution in [0.15, 0.2) is 16.7 Å². The lowest BCUT2D eigenvalue weighted by molar-refractivity contribution is -0.132. The van der Waals surface area contributed by atoms with Gasteiger partial charge in [-0.05, 0) is 12.5 Å². The van der Waals surface area contributed by atoms with Gasteiger partial charge in [0, 0.05) is 19.5 Å². The molecule has 0 N–H and O–H groups in total. The Morgan fingerprint density at radius 1 is 1.39 bits per heavy atom. The van der Waals surface area contributed by atoms with Gasteiger partial charge in [0.2, 0.25) is 5.91 Å². The summed E-state index contributed by atoms with van der Waals surface area (Å²) in [6.07, 6.45) is 2.68. The smallest absolute Gasteiger partial charge is 0.248 e. The van der Waals surface area contributed by atoms with Crippen LogP contribution in [0.5, 0.6) is 0 Å². The molecule has 1 amide bonds. The largest absolute Gasteiger partial charge is 0.469 e. The Labute approximate surface area is 134 Å². The van der Waals surface area contributed by atoms with E-state index in [1.807, 2.05) is 6.92 Å². The fraction of sp³-hybridized carbons (Fsp3) is 0.533. The third kappa shape index (κ3) is 3.79. The van der Waals surface area contributed by atoms with Gasteiger partial charge in [0.05, 0.1) is 29.4 Å². The average molecular weight is 338 g/mol. The maximum Gasteiger partial charge on any atom is 0.248 e. The molecule has 1 saturated heterocycles. The topological polar surface area (TPSA) is 108 Å². The minimum Gasteiger partial charge on any atom is -0.469 e. The first-order chi connectivity index (χ1) is 10.9. The Morgan fingerprint density at radius 3 is 2.61 bits per heavy atom. The molecule has 0 bridgehead atoms. The first-order valence-electron chi connectivity index (χ1n) is 7.39. The first-order valence-corrected chi connectivity index (χ1v) is 9.21. The van der Waals surface area contributed by atoms with Crippen molar-refractivity contribution in [3.63, 3.8) is 0 Å². The zero-order chi connectivity index (χ0) is 17.0. The number of amides is 1. The summed E-state index contributed by atoms with van der Waals surface area (Å²) in [6, 6.07) is 3.21. The van der Waals surface area contributed by atoms with Crippen LogP contribution in [-0.4, -0.2) is 49.6 Å². The van der Waals surface area contributed by atoms with Crippen LogP contribution >= 0.6 is 0 Å². The molecule has 2 rings (SSSR count). The summed E-state index contributed by atoms with van der Waals surface area (Å²) in [5.74, 6) is -2.52. The number of rotatable bonds is 5. The van der Waals surface area contributed by atoms with Gasteiger partial charge in [-0.15, -0.1) is 0 Å². The number of sulfone groups is 1. The highest BCUT2D eigenvalue weighted by Gasteiger charge is 2.35. The molecule has 0 aliphatic carbocycles. The zero-order valence-corrected chi connectivity index (χ0v) is 13.6. The van der Waals surface area contributed by atoms with Crippen LogP contribution in [0, 0.1) is 17.2 Å². The summed E-state index contributed by atoms with van der Waals surface area (Å²) in [7, 11) is -3.14. The third-order valence-electron chi connectivity index (χ3n) is 3.78. The van der Waals surface area contributed by atoms with E-state index in [4.69, 9.17) is 4.42 Å². The maximum atomic E-state index is 12.5. The van der Waals surface area contributed by atoms with Crippen LogP contribution in [0.1, 0.15) is 29.5 Å². The Balaban J connectivity index is 2.16. The second-order valence-corrected chi connectivity index (χ2v) is 7.71. The Kier molecular flexibility index (Phi) is 5.21. The van der Waals surface area contributed by atoms with Gasteiger partial charge < -0.3 is 9.32 Å². The number of carbonyl (C=O) groups excluding carboxylic acids is 2. The Bertz CT molecular complexity index is 730. The molecule has 0 spiro atoms. The number of hydrogen-bond donors (Lipinski definition) is 0. The average Bonchev–Trinajstić information content (AvgIpc) is 2.96. The van der Waals surface area contributed by atoms with Crippen molar-refractivity contribution in [1.82, 2.24) is 4.90 Å². The van der Waals surface area contributed by atoms with Crippen LogP contribution in [0.25, 0.3) is 0 Å². The van der Waals surface area contributed by atoms with Crippen LogP contribution in [-0.2, 0) is 21.1 Å². The van der Waals surface area contributed by atoms with Crippen LogP contribution in [0.3, 0.4) is 0 Å². The Morgan fingerprint density at radius 2 is 2.04 bits per heavy atom. The van der Waals surface area contributed by atoms with Crippen molar-refractivity contribution >= 4 is 21.5 Å². The lowest BCUT2D eigenvalue weighted by atomic mass is 9.96. The fourth-order valence-electron chi connectivity index (χ4n) is 2.48. The lowest BCUT2D eigenvalue weighted by Crippen LogP contribution is -2.47. The molecule has 0 saturated carbocycles. The molecule has 7 nitrogen and oxygen atoms in total. The molecule has 2 heterocycles. The van der Waals surface area contributed by atoms with Crippen molar-refractivity contribution in [2.45, 2.75) is 19.8 Å². The van der Waals surface area contributed by atoms with E-state index in [9.17, 15) is 23.3 Å². The van der Waals surface area contributed by atoms with Crippen molar-refractivity contribution in [2.75, 3.05) is 24.6 Å². The second kappa shape index (κ2) is 6.96. The molecular weight excluding hydrogens is 320 g/mol. The van der Waals surface area contributed by atoms with Crippen molar-refractivity contribution in [1.29, 1.82) is 5.26 Å². The number of nitriles is 1. The number of nitrogens with zero attached hydrogens (tertiary/aromatic N) is 2. The van der Waals surface area contributed by atoms with Gasteiger partial charge >= 0.3 is 0 Å². The summed E-state index contributed by atoms with van der Waals surface area (Å²) < 4.78 is 28.1. The molecule has 1 aromatic rings. The second-order valence-electron chi connectivity index (χ2n) is 5.41. The van der Waals surface area contributed by atoms with Crippen molar-refractivity contribution < 1.29 is 22.4 Å². The minimum atomic E-state index is -3.14. The summed E-state index contributed by atoms with van der Waals surface area (Å²) >= 11 is 0. The van der Waals surface area contributed by atoms with E-state index < -0.39 is 27.4 Å². The van der Waals surface area contributed by atoms with Crippen LogP contribution in [0.2, 0.25) is 0 Å². The van der Waals surface area contributed by atoms with Gasteiger partial charge in [-0.2, -0.15) is 5.26 Å². The lowest BCUT2D eigenvalue weighted by Gasteiger charge is -2.27. The first kappa shape index (κ1) is 17.2. The molecule has 0 unspecified atom stereocenters. The monoisotopic (exact) mass is 338 g/mol. The van der Waals surface area contributed by atoms with E-state index in [1.165, 1.54) is 17.2 Å². The predicted molar refractivity (Wildman–Crippen MR) is 81.4 cm³/mol. The number of ketones is 1. The van der Waals surface area contributed by atoms with E-state index in [0.717, 1.165) is 6.42 Å². The quantitative estimate of drug-likeness (QED) is 0.580.